The summed E-state index contributed by atoms with van der Waals surface area (Å²) in [5.74, 6) is 0.675. The molecular formula is C10H21NO3S. The Kier molecular flexibility index (Phi) is 8.85. The zero-order valence-corrected chi connectivity index (χ0v) is 10.6. The van der Waals surface area contributed by atoms with Gasteiger partial charge < -0.3 is 14.4 Å². The van der Waals surface area contributed by atoms with E-state index in [9.17, 15) is 4.79 Å². The molecule has 0 radical (unpaired) electrons. The molecule has 0 saturated heterocycles. The Balaban J connectivity index is 4.21. The highest BCUT2D eigenvalue weighted by Gasteiger charge is 2.18. The van der Waals surface area contributed by atoms with Gasteiger partial charge in [0.25, 0.3) is 0 Å². The fourth-order valence-electron chi connectivity index (χ4n) is 1.35. The summed E-state index contributed by atoms with van der Waals surface area (Å²) in [5, 5.41) is 0. The van der Waals surface area contributed by atoms with Gasteiger partial charge in [-0.3, -0.25) is 4.79 Å². The molecule has 5 heteroatoms. The zero-order valence-electron chi connectivity index (χ0n) is 9.73. The van der Waals surface area contributed by atoms with Crippen LogP contribution < -0.4 is 0 Å². The van der Waals surface area contributed by atoms with Crippen LogP contribution in [-0.2, 0) is 14.3 Å². The Morgan fingerprint density at radius 3 is 2.53 bits per heavy atom. The maximum absolute atomic E-state index is 11.7. The van der Waals surface area contributed by atoms with Gasteiger partial charge in [-0.15, -0.1) is 0 Å². The second-order valence-corrected chi connectivity index (χ2v) is 3.81. The van der Waals surface area contributed by atoms with Crippen LogP contribution in [0.5, 0.6) is 0 Å². The predicted octanol–water partition coefficient (Wildman–Crippen LogP) is 0.816. The van der Waals surface area contributed by atoms with Crippen molar-refractivity contribution < 1.29 is 14.3 Å². The van der Waals surface area contributed by atoms with Crippen LogP contribution in [0.15, 0.2) is 0 Å². The van der Waals surface area contributed by atoms with Crippen molar-refractivity contribution in [3.8, 4) is 0 Å². The molecular weight excluding hydrogens is 214 g/mol. The number of nitrogens with zero attached hydrogens (tertiary/aromatic N) is 1. The summed E-state index contributed by atoms with van der Waals surface area (Å²) in [7, 11) is 3.26. The Hall–Kier alpha value is -0.260. The molecule has 0 saturated carbocycles. The molecule has 1 amide bonds. The van der Waals surface area contributed by atoms with Gasteiger partial charge in [0.15, 0.2) is 0 Å². The fraction of sp³-hybridized carbons (Fsp3) is 0.900. The fourth-order valence-corrected chi connectivity index (χ4v) is 1.54. The van der Waals surface area contributed by atoms with E-state index in [4.69, 9.17) is 9.47 Å². The highest BCUT2D eigenvalue weighted by molar-refractivity contribution is 7.80. The second kappa shape index (κ2) is 9.00. The van der Waals surface area contributed by atoms with E-state index in [1.54, 1.807) is 19.1 Å². The molecule has 0 fully saturated rings. The van der Waals surface area contributed by atoms with Crippen molar-refractivity contribution >= 4 is 18.5 Å². The van der Waals surface area contributed by atoms with Crippen molar-refractivity contribution in [2.24, 2.45) is 0 Å². The van der Waals surface area contributed by atoms with E-state index in [1.165, 1.54) is 0 Å². The maximum Gasteiger partial charge on any atom is 0.223 e. The molecule has 1 atom stereocenters. The van der Waals surface area contributed by atoms with E-state index in [-0.39, 0.29) is 11.9 Å². The first-order chi connectivity index (χ1) is 7.17. The minimum Gasteiger partial charge on any atom is -0.383 e. The van der Waals surface area contributed by atoms with E-state index in [0.717, 1.165) is 0 Å². The Bertz CT molecular complexity index is 178. The minimum atomic E-state index is 0.0810. The number of hydrogen-bond donors (Lipinski definition) is 1. The number of hydrogen-bond acceptors (Lipinski definition) is 4. The Labute approximate surface area is 97.3 Å². The maximum atomic E-state index is 11.7. The average molecular weight is 235 g/mol. The number of ether oxygens (including phenoxy) is 2. The van der Waals surface area contributed by atoms with E-state index >= 15 is 0 Å². The molecule has 0 aliphatic heterocycles. The lowest BCUT2D eigenvalue weighted by molar-refractivity contribution is -0.134. The third kappa shape index (κ3) is 6.02. The number of carbonyl (C=O) groups excluding carboxylic acids is 1. The largest absolute Gasteiger partial charge is 0.383 e. The van der Waals surface area contributed by atoms with Crippen LogP contribution in [0.2, 0.25) is 0 Å². The Morgan fingerprint density at radius 1 is 1.40 bits per heavy atom. The van der Waals surface area contributed by atoms with Gasteiger partial charge in [0.2, 0.25) is 5.91 Å². The molecule has 1 unspecified atom stereocenters. The summed E-state index contributed by atoms with van der Waals surface area (Å²) >= 11 is 4.06. The molecule has 0 aromatic carbocycles. The van der Waals surface area contributed by atoms with Crippen LogP contribution in [-0.4, -0.2) is 56.6 Å². The average Bonchev–Trinajstić information content (AvgIpc) is 2.19. The molecule has 15 heavy (non-hydrogen) atoms. The molecule has 0 aromatic heterocycles. The van der Waals surface area contributed by atoms with Gasteiger partial charge in [0.1, 0.15) is 0 Å². The number of rotatable bonds is 8. The molecule has 0 aliphatic carbocycles. The number of thiol groups is 1. The molecule has 0 bridgehead atoms. The lowest BCUT2D eigenvalue weighted by Crippen LogP contribution is -2.43. The molecule has 0 heterocycles. The first-order valence-electron chi connectivity index (χ1n) is 5.05. The smallest absolute Gasteiger partial charge is 0.223 e. The highest BCUT2D eigenvalue weighted by Crippen LogP contribution is 2.03. The van der Waals surface area contributed by atoms with Gasteiger partial charge in [-0.2, -0.15) is 12.6 Å². The zero-order chi connectivity index (χ0) is 11.7. The molecule has 4 nitrogen and oxygen atoms in total. The van der Waals surface area contributed by atoms with Crippen molar-refractivity contribution in [3.05, 3.63) is 0 Å². The number of amides is 1. The molecule has 0 aliphatic rings. The SMILES string of the molecule is COCCN(C(=O)CCS)C(C)COC. The van der Waals surface area contributed by atoms with E-state index in [0.29, 0.717) is 31.9 Å². The van der Waals surface area contributed by atoms with Gasteiger partial charge in [0.05, 0.1) is 19.3 Å². The van der Waals surface area contributed by atoms with Crippen LogP contribution in [0.25, 0.3) is 0 Å². The summed E-state index contributed by atoms with van der Waals surface area (Å²) < 4.78 is 10.0. The van der Waals surface area contributed by atoms with Crippen LogP contribution in [0.4, 0.5) is 0 Å². The van der Waals surface area contributed by atoms with Crippen molar-refractivity contribution in [3.63, 3.8) is 0 Å². The third-order valence-electron chi connectivity index (χ3n) is 2.12. The predicted molar refractivity (Wildman–Crippen MR) is 63.4 cm³/mol. The number of carbonyl (C=O) groups is 1. The second-order valence-electron chi connectivity index (χ2n) is 3.36. The van der Waals surface area contributed by atoms with Gasteiger partial charge in [-0.05, 0) is 12.7 Å². The van der Waals surface area contributed by atoms with Gasteiger partial charge >= 0.3 is 0 Å². The first kappa shape index (κ1) is 14.7. The lowest BCUT2D eigenvalue weighted by Gasteiger charge is -2.28. The van der Waals surface area contributed by atoms with Crippen molar-refractivity contribution in [1.29, 1.82) is 0 Å². The van der Waals surface area contributed by atoms with Crippen LogP contribution in [0.3, 0.4) is 0 Å². The standard InChI is InChI=1S/C10H21NO3S/c1-9(8-14-3)11(5-6-13-2)10(12)4-7-15/h9,15H,4-8H2,1-3H3. The quantitative estimate of drug-likeness (QED) is 0.633. The summed E-state index contributed by atoms with van der Waals surface area (Å²) in [6.45, 7) is 3.66. The van der Waals surface area contributed by atoms with Gasteiger partial charge in [-0.1, -0.05) is 0 Å². The highest BCUT2D eigenvalue weighted by atomic mass is 32.1. The molecule has 0 aromatic rings. The van der Waals surface area contributed by atoms with Gasteiger partial charge in [0, 0.05) is 27.2 Å². The summed E-state index contributed by atoms with van der Waals surface area (Å²) in [5.41, 5.74) is 0. The molecule has 0 spiro atoms. The van der Waals surface area contributed by atoms with E-state index < -0.39 is 0 Å². The lowest BCUT2D eigenvalue weighted by atomic mass is 10.2. The van der Waals surface area contributed by atoms with Crippen molar-refractivity contribution in [2.45, 2.75) is 19.4 Å². The topological polar surface area (TPSA) is 38.8 Å². The summed E-state index contributed by atoms with van der Waals surface area (Å²) in [6.07, 6.45) is 0.459. The van der Waals surface area contributed by atoms with Crippen LogP contribution in [0, 0.1) is 0 Å². The molecule has 0 N–H and O–H groups in total. The number of methoxy groups -OCH3 is 2. The van der Waals surface area contributed by atoms with E-state index in [1.807, 2.05) is 6.92 Å². The van der Waals surface area contributed by atoms with Crippen molar-refractivity contribution in [1.82, 2.24) is 4.90 Å². The van der Waals surface area contributed by atoms with E-state index in [2.05, 4.69) is 12.6 Å². The van der Waals surface area contributed by atoms with Crippen LogP contribution in [0.1, 0.15) is 13.3 Å². The third-order valence-corrected chi connectivity index (χ3v) is 2.35. The minimum absolute atomic E-state index is 0.0810. The summed E-state index contributed by atoms with van der Waals surface area (Å²) in [4.78, 5) is 13.5. The first-order valence-corrected chi connectivity index (χ1v) is 5.68. The normalized spacial score (nSPS) is 12.5. The molecule has 90 valence electrons. The monoisotopic (exact) mass is 235 g/mol. The summed E-state index contributed by atoms with van der Waals surface area (Å²) in [6, 6.07) is 0.0810. The molecule has 0 rings (SSSR count). The van der Waals surface area contributed by atoms with Gasteiger partial charge in [-0.25, -0.2) is 0 Å². The Morgan fingerprint density at radius 2 is 2.07 bits per heavy atom. The van der Waals surface area contributed by atoms with Crippen LogP contribution >= 0.6 is 12.6 Å². The van der Waals surface area contributed by atoms with Crippen molar-refractivity contribution in [2.75, 3.05) is 39.7 Å².